The highest BCUT2D eigenvalue weighted by Gasteiger charge is 2.16. The lowest BCUT2D eigenvalue weighted by Crippen LogP contribution is -2.12. The van der Waals surface area contributed by atoms with E-state index in [-0.39, 0.29) is 35.9 Å². The number of Topliss-reactive ketones (excluding diaryl/α,β-unsaturated/α-hetero) is 1. The second-order valence-electron chi connectivity index (χ2n) is 7.40. The molecule has 0 saturated carbocycles. The molecule has 0 aliphatic heterocycles. The zero-order valence-electron chi connectivity index (χ0n) is 18.7. The van der Waals surface area contributed by atoms with Crippen molar-refractivity contribution in [1.82, 2.24) is 0 Å². The number of ketones is 1. The zero-order valence-corrected chi connectivity index (χ0v) is 18.7. The summed E-state index contributed by atoms with van der Waals surface area (Å²) in [4.78, 5) is 37.1. The summed E-state index contributed by atoms with van der Waals surface area (Å²) in [5.41, 5.74) is 0.912. The number of rotatable bonds is 8. The van der Waals surface area contributed by atoms with Gasteiger partial charge in [-0.05, 0) is 50.2 Å². The molecule has 1 aromatic heterocycles. The van der Waals surface area contributed by atoms with Crippen LogP contribution in [0.3, 0.4) is 0 Å². The van der Waals surface area contributed by atoms with E-state index in [1.807, 2.05) is 6.07 Å². The number of carbonyl (C=O) groups excluding carboxylic acids is 2. The molecule has 1 heterocycles. The first-order valence-electron chi connectivity index (χ1n) is 10.7. The monoisotopic (exact) mass is 458 g/mol. The van der Waals surface area contributed by atoms with Crippen molar-refractivity contribution in [3.63, 3.8) is 0 Å². The average molecular weight is 458 g/mol. The normalized spacial score (nSPS) is 10.6. The Hall–Kier alpha value is -4.39. The molecule has 0 fully saturated rings. The van der Waals surface area contributed by atoms with Crippen LogP contribution in [0.15, 0.2) is 82.0 Å². The predicted octanol–water partition coefficient (Wildman–Crippen LogP) is 5.33. The minimum Gasteiger partial charge on any atom is -0.485 e. The number of carbonyl (C=O) groups is 2. The van der Waals surface area contributed by atoms with Crippen molar-refractivity contribution in [3.05, 3.63) is 99.9 Å². The number of aryl methyl sites for hydroxylation is 1. The van der Waals surface area contributed by atoms with Gasteiger partial charge in [0.25, 0.3) is 0 Å². The fraction of sp³-hybridized carbons (Fsp3) is 0.148. The number of benzene rings is 3. The third-order valence-electron chi connectivity index (χ3n) is 5.04. The van der Waals surface area contributed by atoms with Gasteiger partial charge in [-0.2, -0.15) is 0 Å². The van der Waals surface area contributed by atoms with Crippen LogP contribution in [-0.2, 0) is 4.74 Å². The van der Waals surface area contributed by atoms with Crippen LogP contribution in [0, 0.1) is 6.92 Å². The molecule has 0 atom stereocenters. The lowest BCUT2D eigenvalue weighted by molar-refractivity contribution is 0.0526. The highest BCUT2D eigenvalue weighted by Crippen LogP contribution is 2.27. The molecule has 0 radical (unpaired) electrons. The van der Waals surface area contributed by atoms with E-state index in [4.69, 9.17) is 18.6 Å². The summed E-state index contributed by atoms with van der Waals surface area (Å²) in [6, 6.07) is 19.9. The van der Waals surface area contributed by atoms with Crippen LogP contribution in [-0.4, -0.2) is 25.0 Å². The highest BCUT2D eigenvalue weighted by molar-refractivity contribution is 5.97. The van der Waals surface area contributed by atoms with Crippen LogP contribution in [0.1, 0.15) is 33.4 Å². The van der Waals surface area contributed by atoms with Gasteiger partial charge in [-0.25, -0.2) is 4.79 Å². The van der Waals surface area contributed by atoms with Crippen molar-refractivity contribution < 1.29 is 28.2 Å². The third-order valence-corrected chi connectivity index (χ3v) is 5.04. The summed E-state index contributed by atoms with van der Waals surface area (Å²) in [6.45, 7) is 3.50. The first-order chi connectivity index (χ1) is 16.5. The molecule has 0 unspecified atom stereocenters. The molecule has 0 spiro atoms. The van der Waals surface area contributed by atoms with E-state index >= 15 is 0 Å². The number of ether oxygens (including phenoxy) is 3. The fourth-order valence-corrected chi connectivity index (χ4v) is 3.32. The summed E-state index contributed by atoms with van der Waals surface area (Å²) >= 11 is 0. The Balaban J connectivity index is 1.52. The van der Waals surface area contributed by atoms with Gasteiger partial charge < -0.3 is 18.6 Å². The topological polar surface area (TPSA) is 92.0 Å². The Labute approximate surface area is 195 Å². The van der Waals surface area contributed by atoms with Crippen LogP contribution in [0.4, 0.5) is 0 Å². The third kappa shape index (κ3) is 4.99. The molecule has 3 aromatic carbocycles. The molecule has 0 saturated heterocycles. The molecule has 34 heavy (non-hydrogen) atoms. The Kier molecular flexibility index (Phi) is 6.73. The summed E-state index contributed by atoms with van der Waals surface area (Å²) < 4.78 is 22.1. The number of fused-ring (bicyclic) bond motifs is 1. The first-order valence-corrected chi connectivity index (χ1v) is 10.7. The first kappa shape index (κ1) is 22.8. The largest absolute Gasteiger partial charge is 0.485 e. The Bertz CT molecular complexity index is 1390. The molecule has 4 rings (SSSR count). The van der Waals surface area contributed by atoms with Gasteiger partial charge in [0.05, 0.1) is 17.6 Å². The van der Waals surface area contributed by atoms with E-state index in [9.17, 15) is 14.4 Å². The van der Waals surface area contributed by atoms with E-state index < -0.39 is 5.97 Å². The van der Waals surface area contributed by atoms with E-state index in [0.29, 0.717) is 33.6 Å². The van der Waals surface area contributed by atoms with Gasteiger partial charge in [-0.1, -0.05) is 30.3 Å². The van der Waals surface area contributed by atoms with Crippen molar-refractivity contribution in [1.29, 1.82) is 0 Å². The molecule has 0 bridgehead atoms. The van der Waals surface area contributed by atoms with Crippen molar-refractivity contribution >= 4 is 22.7 Å². The van der Waals surface area contributed by atoms with Gasteiger partial charge in [0.15, 0.2) is 12.4 Å². The van der Waals surface area contributed by atoms with Crippen molar-refractivity contribution in [3.8, 4) is 17.2 Å². The molecular formula is C27H22O7. The minimum absolute atomic E-state index is 0.0457. The summed E-state index contributed by atoms with van der Waals surface area (Å²) in [6.07, 6.45) is 0. The van der Waals surface area contributed by atoms with Crippen LogP contribution in [0.2, 0.25) is 0 Å². The SMILES string of the molecule is CCOC(=O)c1ccc(Oc2c(C)oc3cc(OCC(=O)c4ccccc4)ccc3c2=O)cc1. The molecule has 7 nitrogen and oxygen atoms in total. The Morgan fingerprint density at radius 3 is 2.29 bits per heavy atom. The quantitative estimate of drug-likeness (QED) is 0.260. The van der Waals surface area contributed by atoms with Crippen LogP contribution < -0.4 is 14.9 Å². The van der Waals surface area contributed by atoms with Crippen LogP contribution in [0.5, 0.6) is 17.2 Å². The number of hydrogen-bond acceptors (Lipinski definition) is 7. The van der Waals surface area contributed by atoms with Gasteiger partial charge in [0, 0.05) is 11.6 Å². The maximum absolute atomic E-state index is 13.0. The second-order valence-corrected chi connectivity index (χ2v) is 7.40. The molecular weight excluding hydrogens is 436 g/mol. The van der Waals surface area contributed by atoms with Gasteiger partial charge in [0.2, 0.25) is 11.2 Å². The lowest BCUT2D eigenvalue weighted by atomic mass is 10.1. The van der Waals surface area contributed by atoms with E-state index in [1.54, 1.807) is 80.6 Å². The molecule has 7 heteroatoms. The Morgan fingerprint density at radius 1 is 0.882 bits per heavy atom. The maximum atomic E-state index is 13.0. The fourth-order valence-electron chi connectivity index (χ4n) is 3.32. The smallest absolute Gasteiger partial charge is 0.338 e. The van der Waals surface area contributed by atoms with Crippen molar-refractivity contribution in [2.24, 2.45) is 0 Å². The zero-order chi connectivity index (χ0) is 24.1. The van der Waals surface area contributed by atoms with Gasteiger partial charge >= 0.3 is 5.97 Å². The molecule has 0 N–H and O–H groups in total. The van der Waals surface area contributed by atoms with Crippen LogP contribution in [0.25, 0.3) is 11.0 Å². The molecule has 4 aromatic rings. The van der Waals surface area contributed by atoms with Gasteiger partial charge in [0.1, 0.15) is 22.8 Å². The average Bonchev–Trinajstić information content (AvgIpc) is 2.86. The van der Waals surface area contributed by atoms with E-state index in [2.05, 4.69) is 0 Å². The van der Waals surface area contributed by atoms with Gasteiger partial charge in [-0.15, -0.1) is 0 Å². The molecule has 0 amide bonds. The van der Waals surface area contributed by atoms with Gasteiger partial charge in [-0.3, -0.25) is 9.59 Å². The van der Waals surface area contributed by atoms with Crippen molar-refractivity contribution in [2.75, 3.05) is 13.2 Å². The molecule has 0 aliphatic carbocycles. The second kappa shape index (κ2) is 10.0. The molecule has 172 valence electrons. The summed E-state index contributed by atoms with van der Waals surface area (Å²) in [5, 5.41) is 0.311. The van der Waals surface area contributed by atoms with Crippen LogP contribution >= 0.6 is 0 Å². The molecule has 0 aliphatic rings. The predicted molar refractivity (Wildman–Crippen MR) is 126 cm³/mol. The standard InChI is InChI=1S/C27H22O7/c1-3-31-27(30)19-9-11-20(12-10-19)34-26-17(2)33-24-15-21(13-14-22(24)25(26)29)32-16-23(28)18-7-5-4-6-8-18/h4-15H,3,16H2,1-2H3. The lowest BCUT2D eigenvalue weighted by Gasteiger charge is -2.10. The maximum Gasteiger partial charge on any atom is 0.338 e. The number of esters is 1. The minimum atomic E-state index is -0.432. The highest BCUT2D eigenvalue weighted by atomic mass is 16.5. The van der Waals surface area contributed by atoms with E-state index in [1.165, 1.54) is 0 Å². The summed E-state index contributed by atoms with van der Waals surface area (Å²) in [7, 11) is 0. The summed E-state index contributed by atoms with van der Waals surface area (Å²) in [5.74, 6) is 0.522. The van der Waals surface area contributed by atoms with E-state index in [0.717, 1.165) is 0 Å². The van der Waals surface area contributed by atoms with Crippen molar-refractivity contribution in [2.45, 2.75) is 13.8 Å². The number of hydrogen-bond donors (Lipinski definition) is 0. The Morgan fingerprint density at radius 2 is 1.59 bits per heavy atom.